The molecule has 1 unspecified atom stereocenters. The van der Waals surface area contributed by atoms with Gasteiger partial charge in [-0.1, -0.05) is 33.6 Å². The standard InChI is InChI=1S/C13H27NS/c1-13(2,3)11(10-15)9-14(4)12-7-5-6-8-12/h11-12,15H,5-10H2,1-4H3. The Hall–Kier alpha value is 0.310. The maximum absolute atomic E-state index is 4.50. The van der Waals surface area contributed by atoms with E-state index < -0.39 is 0 Å². The number of rotatable bonds is 4. The van der Waals surface area contributed by atoms with E-state index in [0.29, 0.717) is 11.3 Å². The highest BCUT2D eigenvalue weighted by molar-refractivity contribution is 7.80. The Kier molecular flexibility index (Phi) is 4.98. The van der Waals surface area contributed by atoms with Gasteiger partial charge >= 0.3 is 0 Å². The van der Waals surface area contributed by atoms with Crippen LogP contribution in [0.1, 0.15) is 46.5 Å². The number of thiol groups is 1. The summed E-state index contributed by atoms with van der Waals surface area (Å²) in [6.07, 6.45) is 5.66. The van der Waals surface area contributed by atoms with Gasteiger partial charge in [0.15, 0.2) is 0 Å². The van der Waals surface area contributed by atoms with E-state index in [1.807, 2.05) is 0 Å². The van der Waals surface area contributed by atoms with Gasteiger partial charge in [0.25, 0.3) is 0 Å². The lowest BCUT2D eigenvalue weighted by Crippen LogP contribution is -2.39. The summed E-state index contributed by atoms with van der Waals surface area (Å²) in [5.41, 5.74) is 0.384. The van der Waals surface area contributed by atoms with Gasteiger partial charge < -0.3 is 4.90 Å². The Morgan fingerprint density at radius 3 is 2.20 bits per heavy atom. The summed E-state index contributed by atoms with van der Waals surface area (Å²) in [6, 6.07) is 0.842. The highest BCUT2D eigenvalue weighted by Gasteiger charge is 2.27. The van der Waals surface area contributed by atoms with E-state index >= 15 is 0 Å². The van der Waals surface area contributed by atoms with Crippen molar-refractivity contribution >= 4 is 12.6 Å². The van der Waals surface area contributed by atoms with Crippen LogP contribution in [0.2, 0.25) is 0 Å². The Labute approximate surface area is 101 Å². The minimum Gasteiger partial charge on any atom is -0.303 e. The Morgan fingerprint density at radius 2 is 1.80 bits per heavy atom. The molecule has 1 nitrogen and oxygen atoms in total. The zero-order valence-corrected chi connectivity index (χ0v) is 11.7. The monoisotopic (exact) mass is 229 g/mol. The van der Waals surface area contributed by atoms with Crippen molar-refractivity contribution in [3.8, 4) is 0 Å². The van der Waals surface area contributed by atoms with Crippen molar-refractivity contribution in [3.63, 3.8) is 0 Å². The van der Waals surface area contributed by atoms with Gasteiger partial charge in [0.05, 0.1) is 0 Å². The van der Waals surface area contributed by atoms with Crippen molar-refractivity contribution < 1.29 is 0 Å². The minimum absolute atomic E-state index is 0.384. The highest BCUT2D eigenvalue weighted by atomic mass is 32.1. The SMILES string of the molecule is CN(CC(CS)C(C)(C)C)C1CCCC1. The predicted molar refractivity (Wildman–Crippen MR) is 71.7 cm³/mol. The second-order valence-electron chi connectivity index (χ2n) is 6.12. The first-order valence-corrected chi connectivity index (χ1v) is 6.89. The molecule has 0 aliphatic heterocycles. The molecule has 0 spiro atoms. The molecule has 0 aromatic carbocycles. The third-order valence-electron chi connectivity index (χ3n) is 3.90. The average Bonchev–Trinajstić information content (AvgIpc) is 2.64. The van der Waals surface area contributed by atoms with Gasteiger partial charge in [0.2, 0.25) is 0 Å². The maximum Gasteiger partial charge on any atom is 0.00923 e. The Balaban J connectivity index is 2.43. The molecule has 0 aromatic rings. The van der Waals surface area contributed by atoms with Crippen LogP contribution in [0.25, 0.3) is 0 Å². The van der Waals surface area contributed by atoms with Crippen molar-refractivity contribution in [1.82, 2.24) is 4.90 Å². The molecule has 2 heteroatoms. The number of nitrogens with zero attached hydrogens (tertiary/aromatic N) is 1. The summed E-state index contributed by atoms with van der Waals surface area (Å²) in [5, 5.41) is 0. The number of hydrogen-bond acceptors (Lipinski definition) is 2. The molecule has 1 aliphatic rings. The molecule has 0 aromatic heterocycles. The van der Waals surface area contributed by atoms with E-state index in [1.165, 1.54) is 32.2 Å². The second kappa shape index (κ2) is 5.58. The van der Waals surface area contributed by atoms with Gasteiger partial charge in [0.1, 0.15) is 0 Å². The van der Waals surface area contributed by atoms with Crippen molar-refractivity contribution in [2.24, 2.45) is 11.3 Å². The van der Waals surface area contributed by atoms with E-state index in [9.17, 15) is 0 Å². The van der Waals surface area contributed by atoms with E-state index in [-0.39, 0.29) is 0 Å². The van der Waals surface area contributed by atoms with Crippen LogP contribution in [-0.4, -0.2) is 30.3 Å². The van der Waals surface area contributed by atoms with Gasteiger partial charge in [-0.25, -0.2) is 0 Å². The van der Waals surface area contributed by atoms with Crippen molar-refractivity contribution in [2.45, 2.75) is 52.5 Å². The normalized spacial score (nSPS) is 21.2. The molecule has 0 saturated heterocycles. The molecule has 1 atom stereocenters. The summed E-state index contributed by atoms with van der Waals surface area (Å²) in [6.45, 7) is 8.20. The summed E-state index contributed by atoms with van der Waals surface area (Å²) in [7, 11) is 2.29. The molecule has 0 amide bonds. The molecule has 1 rings (SSSR count). The smallest absolute Gasteiger partial charge is 0.00923 e. The van der Waals surface area contributed by atoms with E-state index in [4.69, 9.17) is 0 Å². The lowest BCUT2D eigenvalue weighted by molar-refractivity contribution is 0.152. The first-order valence-electron chi connectivity index (χ1n) is 6.26. The lowest BCUT2D eigenvalue weighted by Gasteiger charge is -2.35. The van der Waals surface area contributed by atoms with Crippen molar-refractivity contribution in [3.05, 3.63) is 0 Å². The van der Waals surface area contributed by atoms with Crippen LogP contribution in [0.5, 0.6) is 0 Å². The quantitative estimate of drug-likeness (QED) is 0.723. The first-order chi connectivity index (χ1) is 6.95. The van der Waals surface area contributed by atoms with Gasteiger partial charge in [-0.3, -0.25) is 0 Å². The third kappa shape index (κ3) is 3.99. The molecule has 0 radical (unpaired) electrons. The maximum atomic E-state index is 4.50. The largest absolute Gasteiger partial charge is 0.303 e. The zero-order valence-electron chi connectivity index (χ0n) is 10.8. The molecule has 15 heavy (non-hydrogen) atoms. The fraction of sp³-hybridized carbons (Fsp3) is 1.00. The molecule has 1 fully saturated rings. The molecule has 0 N–H and O–H groups in total. The van der Waals surface area contributed by atoms with E-state index in [1.54, 1.807) is 0 Å². The van der Waals surface area contributed by atoms with E-state index in [2.05, 4.69) is 45.3 Å². The van der Waals surface area contributed by atoms with E-state index in [0.717, 1.165) is 11.8 Å². The van der Waals surface area contributed by atoms with Crippen LogP contribution >= 0.6 is 12.6 Å². The molecule has 0 heterocycles. The van der Waals surface area contributed by atoms with Crippen LogP contribution in [0, 0.1) is 11.3 Å². The summed E-state index contributed by atoms with van der Waals surface area (Å²) in [5.74, 6) is 1.70. The van der Waals surface area contributed by atoms with Gasteiger partial charge in [-0.05, 0) is 37.0 Å². The van der Waals surface area contributed by atoms with Crippen LogP contribution in [0.3, 0.4) is 0 Å². The van der Waals surface area contributed by atoms with Gasteiger partial charge in [-0.2, -0.15) is 12.6 Å². The van der Waals surface area contributed by atoms with Gasteiger partial charge in [0, 0.05) is 12.6 Å². The fourth-order valence-corrected chi connectivity index (χ4v) is 3.11. The molecular weight excluding hydrogens is 202 g/mol. The van der Waals surface area contributed by atoms with Crippen molar-refractivity contribution in [1.29, 1.82) is 0 Å². The average molecular weight is 229 g/mol. The third-order valence-corrected chi connectivity index (χ3v) is 4.34. The minimum atomic E-state index is 0.384. The fourth-order valence-electron chi connectivity index (χ4n) is 2.45. The molecule has 1 saturated carbocycles. The second-order valence-corrected chi connectivity index (χ2v) is 6.49. The summed E-state index contributed by atoms with van der Waals surface area (Å²) < 4.78 is 0. The summed E-state index contributed by atoms with van der Waals surface area (Å²) in [4.78, 5) is 2.57. The number of hydrogen-bond donors (Lipinski definition) is 1. The topological polar surface area (TPSA) is 3.24 Å². The van der Waals surface area contributed by atoms with Crippen LogP contribution in [0.15, 0.2) is 0 Å². The molecule has 1 aliphatic carbocycles. The zero-order chi connectivity index (χ0) is 11.5. The van der Waals surface area contributed by atoms with Crippen LogP contribution < -0.4 is 0 Å². The molecular formula is C13H27NS. The van der Waals surface area contributed by atoms with Crippen LogP contribution in [0.4, 0.5) is 0 Å². The Morgan fingerprint density at radius 1 is 1.27 bits per heavy atom. The first kappa shape index (κ1) is 13.4. The summed E-state index contributed by atoms with van der Waals surface area (Å²) >= 11 is 4.50. The molecule has 0 bridgehead atoms. The lowest BCUT2D eigenvalue weighted by atomic mass is 9.81. The van der Waals surface area contributed by atoms with Crippen molar-refractivity contribution in [2.75, 3.05) is 19.3 Å². The molecule has 90 valence electrons. The Bertz CT molecular complexity index is 179. The van der Waals surface area contributed by atoms with Crippen LogP contribution in [-0.2, 0) is 0 Å². The predicted octanol–water partition coefficient (Wildman–Crippen LogP) is 3.45. The van der Waals surface area contributed by atoms with Gasteiger partial charge in [-0.15, -0.1) is 0 Å². The highest BCUT2D eigenvalue weighted by Crippen LogP contribution is 2.30.